The second-order valence-electron chi connectivity index (χ2n) is 2.97. The summed E-state index contributed by atoms with van der Waals surface area (Å²) < 4.78 is 0. The van der Waals surface area contributed by atoms with Crippen LogP contribution in [0.3, 0.4) is 0 Å². The minimum absolute atomic E-state index is 0.0301. The van der Waals surface area contributed by atoms with E-state index in [0.29, 0.717) is 5.95 Å². The van der Waals surface area contributed by atoms with E-state index < -0.39 is 0 Å². The van der Waals surface area contributed by atoms with Crippen LogP contribution in [0.2, 0.25) is 0 Å². The molecule has 7 nitrogen and oxygen atoms in total. The zero-order valence-corrected chi connectivity index (χ0v) is 8.64. The zero-order valence-electron chi connectivity index (χ0n) is 8.64. The van der Waals surface area contributed by atoms with Crippen molar-refractivity contribution in [2.45, 2.75) is 6.92 Å². The van der Waals surface area contributed by atoms with E-state index in [0.717, 1.165) is 0 Å². The maximum absolute atomic E-state index is 10.8. The van der Waals surface area contributed by atoms with Crippen molar-refractivity contribution in [1.82, 2.24) is 15.0 Å². The van der Waals surface area contributed by atoms with Crippen molar-refractivity contribution in [2.24, 2.45) is 0 Å². The van der Waals surface area contributed by atoms with Crippen molar-refractivity contribution in [1.29, 1.82) is 5.26 Å². The van der Waals surface area contributed by atoms with Crippen LogP contribution in [0.4, 0.5) is 11.9 Å². The number of anilines is 2. The van der Waals surface area contributed by atoms with Crippen molar-refractivity contribution in [3.05, 3.63) is 5.82 Å². The van der Waals surface area contributed by atoms with Gasteiger partial charge in [-0.1, -0.05) is 0 Å². The van der Waals surface area contributed by atoms with Gasteiger partial charge in [0.25, 0.3) is 0 Å². The lowest BCUT2D eigenvalue weighted by molar-refractivity contribution is -0.114. The second-order valence-corrected chi connectivity index (χ2v) is 2.97. The predicted molar refractivity (Wildman–Crippen MR) is 53.2 cm³/mol. The molecule has 0 aliphatic heterocycles. The highest BCUT2D eigenvalue weighted by atomic mass is 16.1. The molecular formula is C8H10N6O. The fraction of sp³-hybridized carbons (Fsp3) is 0.375. The van der Waals surface area contributed by atoms with E-state index in [-0.39, 0.29) is 17.7 Å². The first-order valence-electron chi connectivity index (χ1n) is 4.14. The van der Waals surface area contributed by atoms with E-state index in [4.69, 9.17) is 5.26 Å². The van der Waals surface area contributed by atoms with Crippen LogP contribution >= 0.6 is 0 Å². The molecule has 0 aliphatic carbocycles. The summed E-state index contributed by atoms with van der Waals surface area (Å²) in [6.45, 7) is 1.34. The molecule has 15 heavy (non-hydrogen) atoms. The number of carbonyl (C=O) groups excluding carboxylic acids is 1. The van der Waals surface area contributed by atoms with Crippen LogP contribution in [-0.4, -0.2) is 35.0 Å². The summed E-state index contributed by atoms with van der Waals surface area (Å²) >= 11 is 0. The van der Waals surface area contributed by atoms with E-state index >= 15 is 0 Å². The highest BCUT2D eigenvalue weighted by molar-refractivity contribution is 5.86. The topological polar surface area (TPSA) is 94.8 Å². The fourth-order valence-electron chi connectivity index (χ4n) is 0.828. The van der Waals surface area contributed by atoms with Crippen molar-refractivity contribution in [2.75, 3.05) is 24.3 Å². The maximum atomic E-state index is 10.8. The molecule has 0 saturated heterocycles. The van der Waals surface area contributed by atoms with Gasteiger partial charge in [0, 0.05) is 21.0 Å². The molecule has 0 aliphatic rings. The first-order chi connectivity index (χ1) is 7.02. The van der Waals surface area contributed by atoms with E-state index in [1.165, 1.54) is 6.92 Å². The van der Waals surface area contributed by atoms with Crippen LogP contribution in [0.15, 0.2) is 0 Å². The summed E-state index contributed by atoms with van der Waals surface area (Å²) in [6, 6.07) is 1.80. The van der Waals surface area contributed by atoms with Crippen LogP contribution in [0.25, 0.3) is 0 Å². The monoisotopic (exact) mass is 206 g/mol. The first kappa shape index (κ1) is 10.8. The van der Waals surface area contributed by atoms with Gasteiger partial charge in [-0.15, -0.1) is 0 Å². The van der Waals surface area contributed by atoms with Gasteiger partial charge in [-0.3, -0.25) is 10.1 Å². The largest absolute Gasteiger partial charge is 0.347 e. The van der Waals surface area contributed by atoms with Gasteiger partial charge >= 0.3 is 0 Å². The Morgan fingerprint density at radius 1 is 1.40 bits per heavy atom. The van der Waals surface area contributed by atoms with Crippen molar-refractivity contribution in [3.63, 3.8) is 0 Å². The molecule has 1 aromatic heterocycles. The number of nitrogens with zero attached hydrogens (tertiary/aromatic N) is 5. The molecular weight excluding hydrogens is 196 g/mol. The quantitative estimate of drug-likeness (QED) is 0.718. The molecule has 0 atom stereocenters. The molecule has 1 aromatic rings. The summed E-state index contributed by atoms with van der Waals surface area (Å²) in [6.07, 6.45) is 0. The number of rotatable bonds is 2. The van der Waals surface area contributed by atoms with Gasteiger partial charge in [0.05, 0.1) is 0 Å². The number of carbonyl (C=O) groups is 1. The molecule has 0 saturated carbocycles. The normalized spacial score (nSPS) is 9.20. The third kappa shape index (κ3) is 2.87. The average molecular weight is 206 g/mol. The van der Waals surface area contributed by atoms with E-state index in [2.05, 4.69) is 20.3 Å². The van der Waals surface area contributed by atoms with Gasteiger partial charge in [-0.2, -0.15) is 20.2 Å². The Balaban J connectivity index is 3.12. The molecule has 0 radical (unpaired) electrons. The van der Waals surface area contributed by atoms with Crippen molar-refractivity contribution < 1.29 is 4.79 Å². The van der Waals surface area contributed by atoms with E-state index in [1.54, 1.807) is 25.1 Å². The lowest BCUT2D eigenvalue weighted by Crippen LogP contribution is -2.17. The molecule has 1 amide bonds. The Morgan fingerprint density at radius 2 is 2.07 bits per heavy atom. The molecule has 0 fully saturated rings. The fourth-order valence-corrected chi connectivity index (χ4v) is 0.828. The molecule has 78 valence electrons. The Hall–Kier alpha value is -2.23. The number of nitriles is 1. The highest BCUT2D eigenvalue weighted by Crippen LogP contribution is 2.07. The SMILES string of the molecule is CC(=O)Nc1nc(C#N)nc(N(C)C)n1. The second kappa shape index (κ2) is 4.32. The Bertz CT molecular complexity index is 422. The lowest BCUT2D eigenvalue weighted by atomic mass is 10.6. The van der Waals surface area contributed by atoms with Gasteiger partial charge in [0.1, 0.15) is 6.07 Å². The van der Waals surface area contributed by atoms with Gasteiger partial charge in [0.15, 0.2) is 0 Å². The number of nitrogens with one attached hydrogen (secondary N) is 1. The summed E-state index contributed by atoms with van der Waals surface area (Å²) in [4.78, 5) is 23.9. The first-order valence-corrected chi connectivity index (χ1v) is 4.14. The molecule has 1 heterocycles. The van der Waals surface area contributed by atoms with Crippen molar-refractivity contribution >= 4 is 17.8 Å². The predicted octanol–water partition coefficient (Wildman–Crippen LogP) is -0.232. The van der Waals surface area contributed by atoms with E-state index in [1.807, 2.05) is 0 Å². The Kier molecular flexibility index (Phi) is 3.13. The number of hydrogen-bond acceptors (Lipinski definition) is 6. The minimum Gasteiger partial charge on any atom is -0.347 e. The Labute approximate surface area is 86.8 Å². The van der Waals surface area contributed by atoms with Crippen LogP contribution in [-0.2, 0) is 4.79 Å². The zero-order chi connectivity index (χ0) is 11.4. The summed E-state index contributed by atoms with van der Waals surface area (Å²) in [5.74, 6) is 0.0790. The van der Waals surface area contributed by atoms with Gasteiger partial charge in [-0.25, -0.2) is 0 Å². The number of hydrogen-bond donors (Lipinski definition) is 1. The standard InChI is InChI=1S/C8H10N6O/c1-5(15)10-7-11-6(4-9)12-8(13-7)14(2)3/h1-3H3,(H,10,11,12,13,15). The van der Waals surface area contributed by atoms with Gasteiger partial charge in [0.2, 0.25) is 23.6 Å². The lowest BCUT2D eigenvalue weighted by Gasteiger charge is -2.10. The maximum Gasteiger partial charge on any atom is 0.238 e. The van der Waals surface area contributed by atoms with Gasteiger partial charge in [-0.05, 0) is 0 Å². The van der Waals surface area contributed by atoms with Crippen LogP contribution in [0, 0.1) is 11.3 Å². The molecule has 0 spiro atoms. The van der Waals surface area contributed by atoms with Crippen LogP contribution in [0.5, 0.6) is 0 Å². The third-order valence-electron chi connectivity index (χ3n) is 1.41. The number of amides is 1. The third-order valence-corrected chi connectivity index (χ3v) is 1.41. The van der Waals surface area contributed by atoms with E-state index in [9.17, 15) is 4.79 Å². The summed E-state index contributed by atoms with van der Waals surface area (Å²) in [5, 5.41) is 11.1. The Morgan fingerprint density at radius 3 is 2.53 bits per heavy atom. The molecule has 0 aromatic carbocycles. The smallest absolute Gasteiger partial charge is 0.238 e. The van der Waals surface area contributed by atoms with Crippen LogP contribution in [0.1, 0.15) is 12.7 Å². The van der Waals surface area contributed by atoms with Crippen LogP contribution < -0.4 is 10.2 Å². The highest BCUT2D eigenvalue weighted by Gasteiger charge is 2.08. The molecule has 7 heteroatoms. The van der Waals surface area contributed by atoms with Gasteiger partial charge < -0.3 is 4.90 Å². The number of aromatic nitrogens is 3. The minimum atomic E-state index is -0.296. The summed E-state index contributed by atoms with van der Waals surface area (Å²) in [5.41, 5.74) is 0. The molecule has 0 bridgehead atoms. The summed E-state index contributed by atoms with van der Waals surface area (Å²) in [7, 11) is 3.46. The molecule has 1 rings (SSSR count). The molecule has 0 unspecified atom stereocenters. The average Bonchev–Trinajstić information content (AvgIpc) is 2.16. The van der Waals surface area contributed by atoms with Crippen molar-refractivity contribution in [3.8, 4) is 6.07 Å². The molecule has 1 N–H and O–H groups in total.